The Balaban J connectivity index is 2.11. The zero-order chi connectivity index (χ0) is 15.0. The number of amides is 1. The number of carbonyl (C=O) groups excluding carboxylic acids is 2. The average Bonchev–Trinajstić information content (AvgIpc) is 3.04. The Labute approximate surface area is 129 Å². The predicted octanol–water partition coefficient (Wildman–Crippen LogP) is 2.40. The smallest absolute Gasteiger partial charge is 0.358 e. The molecule has 0 N–H and O–H groups in total. The van der Waals surface area contributed by atoms with Gasteiger partial charge in [-0.3, -0.25) is 4.79 Å². The molecule has 21 heavy (non-hydrogen) atoms. The second-order valence-electron chi connectivity index (χ2n) is 4.77. The van der Waals surface area contributed by atoms with E-state index in [1.807, 2.05) is 6.07 Å². The van der Waals surface area contributed by atoms with Crippen LogP contribution in [0.15, 0.2) is 22.9 Å². The number of carbonyl (C=O) groups is 2. The molecular weight excluding hydrogens is 338 g/mol. The van der Waals surface area contributed by atoms with Crippen LogP contribution in [0.2, 0.25) is 0 Å². The van der Waals surface area contributed by atoms with Crippen LogP contribution in [-0.2, 0) is 9.53 Å². The molecule has 110 valence electrons. The van der Waals surface area contributed by atoms with Crippen molar-refractivity contribution < 1.29 is 14.3 Å². The van der Waals surface area contributed by atoms with Gasteiger partial charge in [0.25, 0.3) is 0 Å². The van der Waals surface area contributed by atoms with Gasteiger partial charge in [-0.05, 0) is 35.3 Å². The number of nitrogens with zero attached hydrogens (tertiary/aromatic N) is 3. The Morgan fingerprint density at radius 3 is 2.95 bits per heavy atom. The number of hydrogen-bond acceptors (Lipinski definition) is 4. The number of fused-ring (bicyclic) bond motifs is 1. The molecule has 2 aromatic heterocycles. The van der Waals surface area contributed by atoms with Gasteiger partial charge in [0, 0.05) is 29.8 Å². The first kappa shape index (κ1) is 14.1. The molecule has 0 aliphatic carbocycles. The van der Waals surface area contributed by atoms with Crippen molar-refractivity contribution in [3.8, 4) is 0 Å². The van der Waals surface area contributed by atoms with Crippen molar-refractivity contribution in [3.05, 3.63) is 28.6 Å². The number of halogens is 1. The average molecular weight is 352 g/mol. The third-order valence-electron chi connectivity index (χ3n) is 3.35. The summed E-state index contributed by atoms with van der Waals surface area (Å²) < 4.78 is 7.52. The quantitative estimate of drug-likeness (QED) is 0.796. The van der Waals surface area contributed by atoms with Crippen LogP contribution in [0.3, 0.4) is 0 Å². The molecule has 2 aromatic rings. The minimum atomic E-state index is -0.462. The predicted molar refractivity (Wildman–Crippen MR) is 80.4 cm³/mol. The molecular formula is C14H14BrN3O3. The maximum atomic E-state index is 12.0. The lowest BCUT2D eigenvalue weighted by Gasteiger charge is -2.16. The first-order valence-electron chi connectivity index (χ1n) is 6.76. The molecule has 0 bridgehead atoms. The van der Waals surface area contributed by atoms with Gasteiger partial charge in [0.1, 0.15) is 0 Å². The minimum Gasteiger partial charge on any atom is -0.461 e. The van der Waals surface area contributed by atoms with Crippen molar-refractivity contribution in [2.75, 3.05) is 18.1 Å². The van der Waals surface area contributed by atoms with Gasteiger partial charge in [-0.2, -0.15) is 0 Å². The molecule has 1 aliphatic heterocycles. The summed E-state index contributed by atoms with van der Waals surface area (Å²) in [6.07, 6.45) is 4.80. The standard InChI is InChI=1S/C14H14BrN3O3/c1-2-21-14(20)10-8-17-7-9(15)6-11(13(17)16-10)18-5-3-4-12(18)19/h6-8H,2-5H2,1H3. The second kappa shape index (κ2) is 5.48. The summed E-state index contributed by atoms with van der Waals surface area (Å²) in [5, 5.41) is 0. The number of pyridine rings is 1. The molecule has 0 spiro atoms. The van der Waals surface area contributed by atoms with Crippen LogP contribution < -0.4 is 4.90 Å². The molecule has 0 saturated carbocycles. The number of anilines is 1. The molecule has 3 rings (SSSR count). The van der Waals surface area contributed by atoms with E-state index in [2.05, 4.69) is 20.9 Å². The fraction of sp³-hybridized carbons (Fsp3) is 0.357. The van der Waals surface area contributed by atoms with Gasteiger partial charge in [0.05, 0.1) is 12.3 Å². The van der Waals surface area contributed by atoms with Crippen molar-refractivity contribution in [1.82, 2.24) is 9.38 Å². The highest BCUT2D eigenvalue weighted by Gasteiger charge is 2.25. The van der Waals surface area contributed by atoms with E-state index in [9.17, 15) is 9.59 Å². The molecule has 0 atom stereocenters. The monoisotopic (exact) mass is 351 g/mol. The number of esters is 1. The van der Waals surface area contributed by atoms with Gasteiger partial charge in [-0.15, -0.1) is 0 Å². The number of hydrogen-bond donors (Lipinski definition) is 0. The molecule has 1 amide bonds. The van der Waals surface area contributed by atoms with Crippen molar-refractivity contribution >= 4 is 39.1 Å². The summed E-state index contributed by atoms with van der Waals surface area (Å²) in [5.41, 5.74) is 1.53. The lowest BCUT2D eigenvalue weighted by Crippen LogP contribution is -2.24. The van der Waals surface area contributed by atoms with E-state index in [1.165, 1.54) is 0 Å². The van der Waals surface area contributed by atoms with Gasteiger partial charge in [-0.1, -0.05) is 0 Å². The summed E-state index contributed by atoms with van der Waals surface area (Å²) in [7, 11) is 0. The number of aromatic nitrogens is 2. The summed E-state index contributed by atoms with van der Waals surface area (Å²) >= 11 is 3.42. The Morgan fingerprint density at radius 2 is 2.29 bits per heavy atom. The van der Waals surface area contributed by atoms with Gasteiger partial charge < -0.3 is 14.0 Å². The van der Waals surface area contributed by atoms with E-state index in [0.29, 0.717) is 30.9 Å². The maximum Gasteiger partial charge on any atom is 0.358 e. The van der Waals surface area contributed by atoms with Gasteiger partial charge in [0.2, 0.25) is 5.91 Å². The van der Waals surface area contributed by atoms with Gasteiger partial charge in [-0.25, -0.2) is 9.78 Å². The van der Waals surface area contributed by atoms with Crippen LogP contribution in [0.5, 0.6) is 0 Å². The highest BCUT2D eigenvalue weighted by Crippen LogP contribution is 2.29. The highest BCUT2D eigenvalue weighted by atomic mass is 79.9. The van der Waals surface area contributed by atoms with E-state index in [4.69, 9.17) is 4.74 Å². The third-order valence-corrected chi connectivity index (χ3v) is 3.78. The molecule has 6 nitrogen and oxygen atoms in total. The van der Waals surface area contributed by atoms with Crippen molar-refractivity contribution in [2.45, 2.75) is 19.8 Å². The Kier molecular flexibility index (Phi) is 3.67. The van der Waals surface area contributed by atoms with Crippen molar-refractivity contribution in [1.29, 1.82) is 0 Å². The zero-order valence-corrected chi connectivity index (χ0v) is 13.1. The summed E-state index contributed by atoms with van der Waals surface area (Å²) in [6.45, 7) is 2.72. The van der Waals surface area contributed by atoms with Crippen molar-refractivity contribution in [3.63, 3.8) is 0 Å². The first-order valence-corrected chi connectivity index (χ1v) is 7.55. The van der Waals surface area contributed by atoms with E-state index in [0.717, 1.165) is 10.9 Å². The van der Waals surface area contributed by atoms with Gasteiger partial charge in [0.15, 0.2) is 11.3 Å². The number of imidazole rings is 1. The Bertz CT molecular complexity index is 726. The molecule has 0 unspecified atom stereocenters. The highest BCUT2D eigenvalue weighted by molar-refractivity contribution is 9.10. The van der Waals surface area contributed by atoms with E-state index < -0.39 is 5.97 Å². The Hall–Kier alpha value is -1.89. The Morgan fingerprint density at radius 1 is 1.48 bits per heavy atom. The molecule has 0 aromatic carbocycles. The van der Waals surface area contributed by atoms with E-state index >= 15 is 0 Å². The summed E-state index contributed by atoms with van der Waals surface area (Å²) in [5.74, 6) is -0.383. The zero-order valence-electron chi connectivity index (χ0n) is 11.5. The fourth-order valence-electron chi connectivity index (χ4n) is 2.45. The molecule has 1 fully saturated rings. The van der Waals surface area contributed by atoms with Gasteiger partial charge >= 0.3 is 5.97 Å². The molecule has 0 radical (unpaired) electrons. The van der Waals surface area contributed by atoms with Crippen LogP contribution >= 0.6 is 15.9 Å². The SMILES string of the molecule is CCOC(=O)c1cn2cc(Br)cc(N3CCCC3=O)c2n1. The van der Waals surface area contributed by atoms with Crippen LogP contribution in [0.1, 0.15) is 30.3 Å². The normalized spacial score (nSPS) is 15.0. The second-order valence-corrected chi connectivity index (χ2v) is 5.69. The molecule has 1 saturated heterocycles. The molecule has 3 heterocycles. The fourth-order valence-corrected chi connectivity index (χ4v) is 2.89. The summed E-state index contributed by atoms with van der Waals surface area (Å²) in [4.78, 5) is 29.8. The maximum absolute atomic E-state index is 12.0. The molecule has 7 heteroatoms. The van der Waals surface area contributed by atoms with Crippen LogP contribution in [-0.4, -0.2) is 34.4 Å². The van der Waals surface area contributed by atoms with Crippen LogP contribution in [0.25, 0.3) is 5.65 Å². The summed E-state index contributed by atoms with van der Waals surface area (Å²) in [6, 6.07) is 1.85. The van der Waals surface area contributed by atoms with E-state index in [1.54, 1.807) is 28.6 Å². The lowest BCUT2D eigenvalue weighted by molar-refractivity contribution is -0.117. The lowest BCUT2D eigenvalue weighted by atomic mass is 10.3. The number of rotatable bonds is 3. The largest absolute Gasteiger partial charge is 0.461 e. The minimum absolute atomic E-state index is 0.0793. The molecule has 1 aliphatic rings. The number of ether oxygens (including phenoxy) is 1. The van der Waals surface area contributed by atoms with Crippen LogP contribution in [0.4, 0.5) is 5.69 Å². The van der Waals surface area contributed by atoms with E-state index in [-0.39, 0.29) is 11.6 Å². The van der Waals surface area contributed by atoms with Crippen molar-refractivity contribution in [2.24, 2.45) is 0 Å². The topological polar surface area (TPSA) is 63.9 Å². The first-order chi connectivity index (χ1) is 10.1. The third kappa shape index (κ3) is 2.53. The van der Waals surface area contributed by atoms with Crippen LogP contribution in [0, 0.1) is 0 Å².